The van der Waals surface area contributed by atoms with Gasteiger partial charge in [-0.15, -0.1) is 0 Å². The van der Waals surface area contributed by atoms with Gasteiger partial charge in [0.15, 0.2) is 12.4 Å². The molecule has 3 heterocycles. The van der Waals surface area contributed by atoms with E-state index in [2.05, 4.69) is 18.7 Å². The van der Waals surface area contributed by atoms with Crippen LogP contribution in [0.25, 0.3) is 11.2 Å². The van der Waals surface area contributed by atoms with Gasteiger partial charge in [-0.3, -0.25) is 18.9 Å². The van der Waals surface area contributed by atoms with Gasteiger partial charge in [0.25, 0.3) is 21.6 Å². The molecule has 2 aromatic rings. The molecule has 0 saturated carbocycles. The van der Waals surface area contributed by atoms with Crippen LogP contribution in [-0.4, -0.2) is 73.8 Å². The number of aromatic amines is 1. The number of aliphatic hydroxyl groups excluding tert-OH is 1. The number of hydrogen-bond acceptors (Lipinski definition) is 11. The number of nitrogens with zero attached hydrogens (tertiary/aromatic N) is 3. The molecular formula is C12H19N5O11PS+. The van der Waals surface area contributed by atoms with E-state index in [1.807, 2.05) is 0 Å². The van der Waals surface area contributed by atoms with Crippen LogP contribution in [0.3, 0.4) is 0 Å². The Hall–Kier alpha value is -1.95. The molecule has 0 bridgehead atoms. The van der Waals surface area contributed by atoms with Crippen LogP contribution in [0.2, 0.25) is 0 Å². The van der Waals surface area contributed by atoms with Crippen LogP contribution in [0.1, 0.15) is 6.23 Å². The number of phosphoric ester groups is 1. The molecule has 1 saturated heterocycles. The second kappa shape index (κ2) is 7.33. The Morgan fingerprint density at radius 1 is 1.50 bits per heavy atom. The van der Waals surface area contributed by atoms with Crippen molar-refractivity contribution in [2.75, 3.05) is 18.6 Å². The van der Waals surface area contributed by atoms with Crippen molar-refractivity contribution in [3.05, 3.63) is 16.7 Å². The molecular weight excluding hydrogens is 453 g/mol. The van der Waals surface area contributed by atoms with Crippen molar-refractivity contribution in [1.29, 1.82) is 0 Å². The van der Waals surface area contributed by atoms with Crippen LogP contribution in [0, 0.1) is 0 Å². The topological polar surface area (TPSA) is 240 Å². The minimum Gasteiger partial charge on any atom is -0.381 e. The van der Waals surface area contributed by atoms with Gasteiger partial charge in [-0.05, 0) is 0 Å². The number of H-pyrrole nitrogens is 1. The average molecular weight is 472 g/mol. The fourth-order valence-electron chi connectivity index (χ4n) is 3.08. The summed E-state index contributed by atoms with van der Waals surface area (Å²) in [4.78, 5) is 36.2. The van der Waals surface area contributed by atoms with Gasteiger partial charge in [-0.1, -0.05) is 4.98 Å². The summed E-state index contributed by atoms with van der Waals surface area (Å²) in [6.45, 7) is -1.05. The van der Waals surface area contributed by atoms with Crippen molar-refractivity contribution in [2.45, 2.75) is 24.2 Å². The molecule has 1 aliphatic heterocycles. The zero-order valence-electron chi connectivity index (χ0n) is 15.4. The lowest BCUT2D eigenvalue weighted by molar-refractivity contribution is -0.746. The van der Waals surface area contributed by atoms with Gasteiger partial charge >= 0.3 is 13.5 Å². The zero-order chi connectivity index (χ0) is 22.6. The van der Waals surface area contributed by atoms with Crippen molar-refractivity contribution < 1.29 is 51.0 Å². The van der Waals surface area contributed by atoms with Crippen molar-refractivity contribution in [3.8, 4) is 0 Å². The maximum absolute atomic E-state index is 12.1. The molecule has 2 aromatic heterocycles. The molecule has 0 spiro atoms. The Labute approximate surface area is 167 Å². The first-order chi connectivity index (χ1) is 13.6. The standard InChI is InChI=1S/C12H18N5O11PS/c1-16-4-17(8-6(16)9(19)15-11(13)14-8)10-7(18)12(20,28-30(2,24)25)5(27-10)3-26-29(21,22)23/h4-5,7,10,18,20H,3H2,1-2H3,(H4-,13,14,15,19,21,22,23)/p+1/t5-,7+,10-,12+/m1/s1. The molecule has 7 N–H and O–H groups in total. The first kappa shape index (κ1) is 22.7. The molecule has 16 nitrogen and oxygen atoms in total. The van der Waals surface area contributed by atoms with Gasteiger partial charge in [-0.2, -0.15) is 8.42 Å². The van der Waals surface area contributed by atoms with E-state index in [4.69, 9.17) is 20.3 Å². The van der Waals surface area contributed by atoms with Gasteiger partial charge in [-0.25, -0.2) is 13.3 Å². The SMILES string of the molecule is Cn1c[n+]([C@@H]2O[C@H](COP(=O)(O)O)[C@](O)(OS(C)(=O)=O)[C@H]2O)c2nc(N)[nH]c(=O)c21. The Kier molecular flexibility index (Phi) is 5.55. The Balaban J connectivity index is 2.10. The predicted molar refractivity (Wildman–Crippen MR) is 94.7 cm³/mol. The molecule has 1 fully saturated rings. The van der Waals surface area contributed by atoms with Crippen LogP contribution < -0.4 is 15.9 Å². The monoisotopic (exact) mass is 472 g/mol. The summed E-state index contributed by atoms with van der Waals surface area (Å²) < 4.78 is 50.9. The quantitative estimate of drug-likeness (QED) is 0.102. The highest BCUT2D eigenvalue weighted by Gasteiger charge is 2.61. The summed E-state index contributed by atoms with van der Waals surface area (Å²) in [5.41, 5.74) is 4.82. The van der Waals surface area contributed by atoms with E-state index in [0.29, 0.717) is 6.26 Å². The number of phosphoric acid groups is 1. The number of hydrogen-bond donors (Lipinski definition) is 6. The summed E-state index contributed by atoms with van der Waals surface area (Å²) >= 11 is 0. The molecule has 0 radical (unpaired) electrons. The molecule has 4 atom stereocenters. The number of imidazole rings is 1. The molecule has 0 unspecified atom stereocenters. The summed E-state index contributed by atoms with van der Waals surface area (Å²) in [6.07, 6.45) is -3.79. The second-order valence-corrected chi connectivity index (χ2v) is 9.36. The lowest BCUT2D eigenvalue weighted by Gasteiger charge is -2.28. The van der Waals surface area contributed by atoms with Gasteiger partial charge in [0, 0.05) is 0 Å². The number of aliphatic hydroxyl groups is 2. The number of anilines is 1. The van der Waals surface area contributed by atoms with Gasteiger partial charge < -0.3 is 30.5 Å². The van der Waals surface area contributed by atoms with E-state index in [0.717, 1.165) is 4.57 Å². The number of nitrogen functional groups attached to an aromatic ring is 1. The van der Waals surface area contributed by atoms with Crippen LogP contribution in [0.15, 0.2) is 11.1 Å². The third-order valence-electron chi connectivity index (χ3n) is 4.20. The fraction of sp³-hybridized carbons (Fsp3) is 0.583. The van der Waals surface area contributed by atoms with Crippen molar-refractivity contribution >= 4 is 35.1 Å². The van der Waals surface area contributed by atoms with Crippen LogP contribution in [-0.2, 0) is 35.2 Å². The maximum atomic E-state index is 12.1. The molecule has 0 aromatic carbocycles. The molecule has 0 aliphatic carbocycles. The minimum absolute atomic E-state index is 0.00230. The third kappa shape index (κ3) is 4.25. The first-order valence-corrected chi connectivity index (χ1v) is 11.4. The smallest absolute Gasteiger partial charge is 0.381 e. The number of nitrogens with two attached hydrogens (primary N) is 1. The van der Waals surface area contributed by atoms with E-state index < -0.39 is 54.3 Å². The van der Waals surface area contributed by atoms with Crippen LogP contribution >= 0.6 is 7.82 Å². The van der Waals surface area contributed by atoms with Gasteiger partial charge in [0.2, 0.25) is 17.5 Å². The average Bonchev–Trinajstić information content (AvgIpc) is 2.99. The molecule has 3 rings (SSSR count). The first-order valence-electron chi connectivity index (χ1n) is 8.05. The highest BCUT2D eigenvalue weighted by molar-refractivity contribution is 7.86. The highest BCUT2D eigenvalue weighted by atomic mass is 32.2. The highest BCUT2D eigenvalue weighted by Crippen LogP contribution is 2.41. The normalized spacial score (nSPS) is 27.7. The summed E-state index contributed by atoms with van der Waals surface area (Å²) in [5.74, 6) is -3.26. The molecule has 30 heavy (non-hydrogen) atoms. The number of fused-ring (bicyclic) bond motifs is 1. The number of ether oxygens (including phenoxy) is 1. The van der Waals surface area contributed by atoms with Crippen LogP contribution in [0.4, 0.5) is 5.95 Å². The molecule has 18 heteroatoms. The van der Waals surface area contributed by atoms with Crippen molar-refractivity contribution in [3.63, 3.8) is 0 Å². The van der Waals surface area contributed by atoms with Crippen molar-refractivity contribution in [2.24, 2.45) is 7.05 Å². The Morgan fingerprint density at radius 3 is 2.70 bits per heavy atom. The number of rotatable bonds is 6. The lowest BCUT2D eigenvalue weighted by Crippen LogP contribution is -2.55. The zero-order valence-corrected chi connectivity index (χ0v) is 17.1. The molecule has 0 amide bonds. The minimum atomic E-state index is -5.05. The summed E-state index contributed by atoms with van der Waals surface area (Å²) in [7, 11) is -7.98. The largest absolute Gasteiger partial charge is 0.469 e. The lowest BCUT2D eigenvalue weighted by atomic mass is 10.1. The van der Waals surface area contributed by atoms with E-state index in [9.17, 15) is 28.0 Å². The number of aryl methyl sites for hydroxylation is 1. The predicted octanol–water partition coefficient (Wildman–Crippen LogP) is -3.84. The number of aromatic nitrogens is 4. The van der Waals surface area contributed by atoms with E-state index in [1.165, 1.54) is 17.9 Å². The van der Waals surface area contributed by atoms with E-state index >= 15 is 0 Å². The van der Waals surface area contributed by atoms with Gasteiger partial charge in [0.1, 0.15) is 6.10 Å². The summed E-state index contributed by atoms with van der Waals surface area (Å²) in [6, 6.07) is 0. The Bertz CT molecular complexity index is 1190. The Morgan fingerprint density at radius 2 is 2.13 bits per heavy atom. The fourth-order valence-corrected chi connectivity index (χ4v) is 4.10. The third-order valence-corrected chi connectivity index (χ3v) is 5.26. The van der Waals surface area contributed by atoms with E-state index in [-0.39, 0.29) is 17.1 Å². The van der Waals surface area contributed by atoms with E-state index in [1.54, 1.807) is 0 Å². The van der Waals surface area contributed by atoms with Crippen LogP contribution in [0.5, 0.6) is 0 Å². The molecule has 1 aliphatic rings. The van der Waals surface area contributed by atoms with Gasteiger partial charge in [0.05, 0.1) is 19.9 Å². The van der Waals surface area contributed by atoms with Crippen molar-refractivity contribution in [1.82, 2.24) is 14.5 Å². The number of nitrogens with one attached hydrogen (secondary N) is 1. The second-order valence-electron chi connectivity index (χ2n) is 6.54. The molecule has 168 valence electrons. The summed E-state index contributed by atoms with van der Waals surface area (Å²) in [5, 5.41) is 21.4. The maximum Gasteiger partial charge on any atom is 0.469 e.